The number of amides is 3. The summed E-state index contributed by atoms with van der Waals surface area (Å²) in [5.41, 5.74) is 1.28. The molecule has 1 aliphatic heterocycles. The van der Waals surface area contributed by atoms with Gasteiger partial charge in [0.1, 0.15) is 6.04 Å². The maximum absolute atomic E-state index is 13.1. The van der Waals surface area contributed by atoms with Gasteiger partial charge in [-0.2, -0.15) is 0 Å². The van der Waals surface area contributed by atoms with Gasteiger partial charge in [0.25, 0.3) is 11.8 Å². The average molecular weight is 408 g/mol. The number of imide groups is 1. The molecule has 2 aromatic rings. The lowest BCUT2D eigenvalue weighted by Gasteiger charge is -2.28. The number of rotatable bonds is 7. The van der Waals surface area contributed by atoms with Crippen molar-refractivity contribution in [1.29, 1.82) is 0 Å². The van der Waals surface area contributed by atoms with Gasteiger partial charge in [-0.1, -0.05) is 39.0 Å². The molecule has 1 unspecified atom stereocenters. The SMILES string of the molecule is CCCOC(=O)c1cccc(NC(=O)C(C(C)C)N2C(=O)c3ccccc3C2=O)c1. The molecule has 2 aromatic carbocycles. The van der Waals surface area contributed by atoms with E-state index >= 15 is 0 Å². The van der Waals surface area contributed by atoms with Crippen molar-refractivity contribution in [2.24, 2.45) is 5.92 Å². The lowest BCUT2D eigenvalue weighted by atomic mass is 10.0. The summed E-state index contributed by atoms with van der Waals surface area (Å²) < 4.78 is 5.12. The summed E-state index contributed by atoms with van der Waals surface area (Å²) in [6.07, 6.45) is 0.707. The van der Waals surface area contributed by atoms with Crippen LogP contribution in [0.3, 0.4) is 0 Å². The summed E-state index contributed by atoms with van der Waals surface area (Å²) in [5, 5.41) is 2.73. The molecule has 156 valence electrons. The van der Waals surface area contributed by atoms with Crippen LogP contribution in [0.2, 0.25) is 0 Å². The van der Waals surface area contributed by atoms with Gasteiger partial charge in [-0.25, -0.2) is 4.79 Å². The second kappa shape index (κ2) is 8.90. The Morgan fingerprint density at radius 3 is 2.20 bits per heavy atom. The Hall–Kier alpha value is -3.48. The summed E-state index contributed by atoms with van der Waals surface area (Å²) in [7, 11) is 0. The normalized spacial score (nSPS) is 13.9. The number of fused-ring (bicyclic) bond motifs is 1. The maximum atomic E-state index is 13.1. The van der Waals surface area contributed by atoms with Crippen molar-refractivity contribution in [1.82, 2.24) is 4.90 Å². The lowest BCUT2D eigenvalue weighted by molar-refractivity contribution is -0.121. The van der Waals surface area contributed by atoms with E-state index in [1.807, 2.05) is 6.92 Å². The van der Waals surface area contributed by atoms with Crippen LogP contribution < -0.4 is 5.32 Å². The maximum Gasteiger partial charge on any atom is 0.338 e. The molecule has 0 radical (unpaired) electrons. The highest BCUT2D eigenvalue weighted by Crippen LogP contribution is 2.28. The molecule has 0 fully saturated rings. The van der Waals surface area contributed by atoms with Crippen LogP contribution in [-0.2, 0) is 9.53 Å². The molecule has 1 aliphatic rings. The van der Waals surface area contributed by atoms with Crippen LogP contribution in [-0.4, -0.2) is 41.2 Å². The Labute approximate surface area is 175 Å². The Morgan fingerprint density at radius 1 is 1.00 bits per heavy atom. The van der Waals surface area contributed by atoms with E-state index in [0.717, 1.165) is 4.90 Å². The van der Waals surface area contributed by atoms with Gasteiger partial charge in [-0.3, -0.25) is 19.3 Å². The number of carbonyl (C=O) groups is 4. The zero-order valence-electron chi connectivity index (χ0n) is 17.2. The van der Waals surface area contributed by atoms with Gasteiger partial charge >= 0.3 is 5.97 Å². The topological polar surface area (TPSA) is 92.8 Å². The van der Waals surface area contributed by atoms with Crippen molar-refractivity contribution in [3.05, 3.63) is 65.2 Å². The summed E-state index contributed by atoms with van der Waals surface area (Å²) in [4.78, 5) is 51.8. The van der Waals surface area contributed by atoms with Gasteiger partial charge in [0.05, 0.1) is 23.3 Å². The molecule has 7 heteroatoms. The molecule has 1 heterocycles. The molecule has 1 N–H and O–H groups in total. The van der Waals surface area contributed by atoms with Crippen LogP contribution in [0.5, 0.6) is 0 Å². The first-order valence-corrected chi connectivity index (χ1v) is 9.90. The highest BCUT2D eigenvalue weighted by atomic mass is 16.5. The largest absolute Gasteiger partial charge is 0.462 e. The van der Waals surface area contributed by atoms with E-state index in [4.69, 9.17) is 4.74 Å². The first-order valence-electron chi connectivity index (χ1n) is 9.90. The number of nitrogens with zero attached hydrogens (tertiary/aromatic N) is 1. The van der Waals surface area contributed by atoms with Crippen molar-refractivity contribution < 1.29 is 23.9 Å². The molecule has 7 nitrogen and oxygen atoms in total. The first-order chi connectivity index (χ1) is 14.3. The van der Waals surface area contributed by atoms with Crippen LogP contribution in [0.4, 0.5) is 5.69 Å². The van der Waals surface area contributed by atoms with E-state index in [9.17, 15) is 19.2 Å². The predicted molar refractivity (Wildman–Crippen MR) is 111 cm³/mol. The molecule has 0 bridgehead atoms. The van der Waals surface area contributed by atoms with Gasteiger partial charge in [0, 0.05) is 5.69 Å². The number of hydrogen-bond donors (Lipinski definition) is 1. The van der Waals surface area contributed by atoms with E-state index in [2.05, 4.69) is 5.32 Å². The zero-order chi connectivity index (χ0) is 21.8. The molecule has 0 saturated carbocycles. The lowest BCUT2D eigenvalue weighted by Crippen LogP contribution is -2.50. The predicted octanol–water partition coefficient (Wildman–Crippen LogP) is 3.51. The van der Waals surface area contributed by atoms with Crippen molar-refractivity contribution >= 4 is 29.4 Å². The molecule has 0 saturated heterocycles. The van der Waals surface area contributed by atoms with E-state index in [0.29, 0.717) is 35.4 Å². The summed E-state index contributed by atoms with van der Waals surface area (Å²) in [5.74, 6) is -2.26. The van der Waals surface area contributed by atoms with Gasteiger partial charge in [0.2, 0.25) is 5.91 Å². The summed E-state index contributed by atoms with van der Waals surface area (Å²) in [6.45, 7) is 5.75. The molecule has 1 atom stereocenters. The fourth-order valence-electron chi connectivity index (χ4n) is 3.40. The van der Waals surface area contributed by atoms with Crippen LogP contribution in [0.25, 0.3) is 0 Å². The number of esters is 1. The monoisotopic (exact) mass is 408 g/mol. The number of benzene rings is 2. The van der Waals surface area contributed by atoms with Crippen LogP contribution >= 0.6 is 0 Å². The number of nitrogens with one attached hydrogen (secondary N) is 1. The second-order valence-corrected chi connectivity index (χ2v) is 7.42. The van der Waals surface area contributed by atoms with Crippen molar-refractivity contribution in [2.75, 3.05) is 11.9 Å². The third-order valence-electron chi connectivity index (χ3n) is 4.81. The van der Waals surface area contributed by atoms with Crippen LogP contribution in [0, 0.1) is 5.92 Å². The highest BCUT2D eigenvalue weighted by Gasteiger charge is 2.43. The molecule has 0 spiro atoms. The molecule has 0 aromatic heterocycles. The minimum Gasteiger partial charge on any atom is -0.462 e. The van der Waals surface area contributed by atoms with Gasteiger partial charge < -0.3 is 10.1 Å². The van der Waals surface area contributed by atoms with Crippen LogP contribution in [0.15, 0.2) is 48.5 Å². The average Bonchev–Trinajstić information content (AvgIpc) is 2.97. The smallest absolute Gasteiger partial charge is 0.338 e. The summed E-state index contributed by atoms with van der Waals surface area (Å²) in [6, 6.07) is 11.9. The number of ether oxygens (including phenoxy) is 1. The summed E-state index contributed by atoms with van der Waals surface area (Å²) >= 11 is 0. The fourth-order valence-corrected chi connectivity index (χ4v) is 3.40. The Kier molecular flexibility index (Phi) is 6.30. The van der Waals surface area contributed by atoms with E-state index in [1.165, 1.54) is 6.07 Å². The van der Waals surface area contributed by atoms with Crippen molar-refractivity contribution in [3.8, 4) is 0 Å². The fraction of sp³-hybridized carbons (Fsp3) is 0.304. The Balaban J connectivity index is 1.82. The van der Waals surface area contributed by atoms with Crippen LogP contribution in [0.1, 0.15) is 58.3 Å². The molecule has 0 aliphatic carbocycles. The van der Waals surface area contributed by atoms with E-state index in [1.54, 1.807) is 56.3 Å². The number of anilines is 1. The third kappa shape index (κ3) is 4.10. The van der Waals surface area contributed by atoms with E-state index < -0.39 is 29.7 Å². The number of carbonyl (C=O) groups excluding carboxylic acids is 4. The molecule has 3 rings (SSSR count). The molecular weight excluding hydrogens is 384 g/mol. The second-order valence-electron chi connectivity index (χ2n) is 7.42. The molecule has 30 heavy (non-hydrogen) atoms. The van der Waals surface area contributed by atoms with Gasteiger partial charge in [0.15, 0.2) is 0 Å². The Morgan fingerprint density at radius 2 is 1.63 bits per heavy atom. The van der Waals surface area contributed by atoms with Crippen molar-refractivity contribution in [2.45, 2.75) is 33.2 Å². The quantitative estimate of drug-likeness (QED) is 0.559. The minimum atomic E-state index is -0.993. The van der Waals surface area contributed by atoms with Gasteiger partial charge in [-0.05, 0) is 42.7 Å². The molecular formula is C23H24N2O5. The first kappa shape index (κ1) is 21.2. The standard InChI is InChI=1S/C23H24N2O5/c1-4-12-30-23(29)15-8-7-9-16(13-15)24-20(26)19(14(2)3)25-21(27)17-10-5-6-11-18(17)22(25)28/h5-11,13-14,19H,4,12H2,1-3H3,(H,24,26). The molecule has 3 amide bonds. The minimum absolute atomic E-state index is 0.293. The Bertz CT molecular complexity index is 964. The highest BCUT2D eigenvalue weighted by molar-refractivity contribution is 6.23. The van der Waals surface area contributed by atoms with E-state index in [-0.39, 0.29) is 5.92 Å². The van der Waals surface area contributed by atoms with Crippen molar-refractivity contribution in [3.63, 3.8) is 0 Å². The zero-order valence-corrected chi connectivity index (χ0v) is 17.2. The van der Waals surface area contributed by atoms with Gasteiger partial charge in [-0.15, -0.1) is 0 Å². The number of hydrogen-bond acceptors (Lipinski definition) is 5. The third-order valence-corrected chi connectivity index (χ3v) is 4.81.